The molecular weight excluding hydrogens is 261 g/mol. The summed E-state index contributed by atoms with van der Waals surface area (Å²) >= 11 is 2.12. The topological polar surface area (TPSA) is 3.24 Å². The van der Waals surface area contributed by atoms with E-state index in [-0.39, 0.29) is 0 Å². The second kappa shape index (κ2) is 6.44. The predicted octanol–water partition coefficient (Wildman–Crippen LogP) is 4.57. The summed E-state index contributed by atoms with van der Waals surface area (Å²) in [5.74, 6) is 0. The zero-order chi connectivity index (χ0) is 15.5. The van der Waals surface area contributed by atoms with Crippen LogP contribution in [0.2, 0.25) is 0 Å². The van der Waals surface area contributed by atoms with Gasteiger partial charge in [0, 0.05) is 0 Å². The number of nitrogens with zero attached hydrogens (tertiary/aromatic N) is 1. The first-order valence-electron chi connectivity index (χ1n) is 7.63. The fraction of sp³-hybridized carbons (Fsp3) is 0.100. The van der Waals surface area contributed by atoms with Gasteiger partial charge in [0.05, 0.1) is 0 Å². The summed E-state index contributed by atoms with van der Waals surface area (Å²) in [5.41, 5.74) is 6.09. The molecule has 0 aromatic heterocycles. The van der Waals surface area contributed by atoms with E-state index in [1.54, 1.807) is 0 Å². The van der Waals surface area contributed by atoms with Crippen LogP contribution in [-0.4, -0.2) is 17.7 Å². The average molecular weight is 279 g/mol. The van der Waals surface area contributed by atoms with E-state index < -0.39 is 0 Å². The van der Waals surface area contributed by atoms with Gasteiger partial charge in [0.2, 0.25) is 0 Å². The van der Waals surface area contributed by atoms with Crippen molar-refractivity contribution in [3.63, 3.8) is 0 Å². The first-order chi connectivity index (χ1) is 10.6. The molecule has 0 saturated carbocycles. The molecule has 0 heterocycles. The second-order valence-corrected chi connectivity index (χ2v) is 5.84. The molecular formula is C20H18LiN. The van der Waals surface area contributed by atoms with Crippen LogP contribution < -0.4 is 9.14 Å². The van der Waals surface area contributed by atoms with Crippen LogP contribution >= 0.6 is 0 Å². The second-order valence-electron chi connectivity index (χ2n) is 5.84. The number of aryl methyl sites for hydroxylation is 2. The van der Waals surface area contributed by atoms with Gasteiger partial charge < -0.3 is 0 Å². The fourth-order valence-corrected chi connectivity index (χ4v) is 2.53. The average Bonchev–Trinajstić information content (AvgIpc) is 2.53. The molecule has 0 aliphatic heterocycles. The van der Waals surface area contributed by atoms with Crippen LogP contribution in [0.15, 0.2) is 72.8 Å². The van der Waals surface area contributed by atoms with Crippen molar-refractivity contribution in [2.75, 3.05) is 4.90 Å². The summed E-state index contributed by atoms with van der Waals surface area (Å²) in [5, 5.41) is 0. The minimum atomic E-state index is 1.18. The third kappa shape index (κ3) is 3.27. The van der Waals surface area contributed by atoms with Gasteiger partial charge in [0.25, 0.3) is 0 Å². The Bertz CT molecular complexity index is 635. The van der Waals surface area contributed by atoms with Crippen molar-refractivity contribution >= 4 is 39.0 Å². The van der Waals surface area contributed by atoms with Crippen molar-refractivity contribution in [1.82, 2.24) is 0 Å². The van der Waals surface area contributed by atoms with E-state index in [0.717, 1.165) is 0 Å². The Morgan fingerprint density at radius 2 is 0.864 bits per heavy atom. The Morgan fingerprint density at radius 1 is 0.545 bits per heavy atom. The van der Waals surface area contributed by atoms with Crippen molar-refractivity contribution in [2.24, 2.45) is 0 Å². The molecule has 22 heavy (non-hydrogen) atoms. The summed E-state index contributed by atoms with van der Waals surface area (Å²) in [6, 6.07) is 26.0. The van der Waals surface area contributed by atoms with Crippen molar-refractivity contribution in [1.29, 1.82) is 0 Å². The molecule has 1 nitrogen and oxygen atoms in total. The van der Waals surface area contributed by atoms with Crippen LogP contribution in [-0.2, 0) is 0 Å². The van der Waals surface area contributed by atoms with Gasteiger partial charge in [-0.05, 0) is 0 Å². The Morgan fingerprint density at radius 3 is 1.23 bits per heavy atom. The molecule has 0 aliphatic carbocycles. The molecule has 3 aromatic carbocycles. The van der Waals surface area contributed by atoms with Crippen molar-refractivity contribution < 1.29 is 0 Å². The molecule has 104 valence electrons. The zero-order valence-electron chi connectivity index (χ0n) is 13.4. The molecule has 0 aliphatic rings. The van der Waals surface area contributed by atoms with Crippen molar-refractivity contribution in [3.8, 4) is 0 Å². The number of rotatable bonds is 3. The minimum absolute atomic E-state index is 1.18. The third-order valence-electron chi connectivity index (χ3n) is 3.88. The van der Waals surface area contributed by atoms with Gasteiger partial charge in [0.15, 0.2) is 0 Å². The molecule has 0 amide bonds. The Labute approximate surface area is 141 Å². The molecule has 2 heteroatoms. The van der Waals surface area contributed by atoms with E-state index in [1.165, 1.54) is 32.4 Å². The van der Waals surface area contributed by atoms with E-state index >= 15 is 0 Å². The van der Waals surface area contributed by atoms with Crippen LogP contribution in [0.4, 0.5) is 17.1 Å². The predicted molar refractivity (Wildman–Crippen MR) is 96.0 cm³/mol. The van der Waals surface area contributed by atoms with Crippen LogP contribution in [0.25, 0.3) is 0 Å². The normalized spacial score (nSPS) is 10.5. The summed E-state index contributed by atoms with van der Waals surface area (Å²) in [6.07, 6.45) is 0. The Hall–Kier alpha value is -1.94. The first kappa shape index (κ1) is 15.0. The molecule has 0 bridgehead atoms. The van der Waals surface area contributed by atoms with Crippen molar-refractivity contribution in [2.45, 2.75) is 13.8 Å². The molecule has 0 spiro atoms. The van der Waals surface area contributed by atoms with E-state index in [4.69, 9.17) is 0 Å². The van der Waals surface area contributed by atoms with E-state index in [9.17, 15) is 0 Å². The molecule has 0 saturated heterocycles. The SMILES string of the molecule is [Li][c]1ccc(N(c2ccc(C)cc2)c2ccc(C)cc2)cc1. The number of hydrogen-bond donors (Lipinski definition) is 0. The maximum atomic E-state index is 2.29. The standard InChI is InChI=1S/C20H18N.Li/c1-16-8-12-19(13-9-16)21(18-6-4-3-5-7-18)20-14-10-17(2)11-15-20;/h4-15H,1-2H3;. The first-order valence-corrected chi connectivity index (χ1v) is 7.63. The summed E-state index contributed by atoms with van der Waals surface area (Å²) < 4.78 is 1.27. The van der Waals surface area contributed by atoms with Gasteiger partial charge in [-0.3, -0.25) is 0 Å². The van der Waals surface area contributed by atoms with Crippen molar-refractivity contribution in [3.05, 3.63) is 83.9 Å². The van der Waals surface area contributed by atoms with E-state index in [1.807, 2.05) is 0 Å². The van der Waals surface area contributed by atoms with Crippen LogP contribution in [0.5, 0.6) is 0 Å². The molecule has 0 N–H and O–H groups in total. The third-order valence-corrected chi connectivity index (χ3v) is 3.88. The van der Waals surface area contributed by atoms with Gasteiger partial charge in [0.1, 0.15) is 0 Å². The molecule has 0 unspecified atom stereocenters. The molecule has 0 radical (unpaired) electrons. The fourth-order valence-electron chi connectivity index (χ4n) is 2.53. The molecule has 3 rings (SSSR count). The Kier molecular flexibility index (Phi) is 4.38. The number of anilines is 3. The molecule has 0 fully saturated rings. The quantitative estimate of drug-likeness (QED) is 0.635. The summed E-state index contributed by atoms with van der Waals surface area (Å²) in [4.78, 5) is 2.29. The molecule has 0 atom stereocenters. The Balaban J connectivity index is 2.10. The molecule has 3 aromatic rings. The number of benzene rings is 3. The van der Waals surface area contributed by atoms with E-state index in [2.05, 4.69) is 109 Å². The van der Waals surface area contributed by atoms with Gasteiger partial charge in [-0.15, -0.1) is 0 Å². The summed E-state index contributed by atoms with van der Waals surface area (Å²) in [6.45, 7) is 4.23. The summed E-state index contributed by atoms with van der Waals surface area (Å²) in [7, 11) is 0. The van der Waals surface area contributed by atoms with Gasteiger partial charge in [-0.2, -0.15) is 0 Å². The number of hydrogen-bond acceptors (Lipinski definition) is 1. The maximum absolute atomic E-state index is 2.29. The van der Waals surface area contributed by atoms with Gasteiger partial charge >= 0.3 is 142 Å². The zero-order valence-corrected chi connectivity index (χ0v) is 13.4. The van der Waals surface area contributed by atoms with Crippen LogP contribution in [0.1, 0.15) is 11.1 Å². The monoisotopic (exact) mass is 279 g/mol. The van der Waals surface area contributed by atoms with Crippen LogP contribution in [0.3, 0.4) is 0 Å². The van der Waals surface area contributed by atoms with E-state index in [0.29, 0.717) is 0 Å². The van der Waals surface area contributed by atoms with Crippen LogP contribution in [0, 0.1) is 13.8 Å². The van der Waals surface area contributed by atoms with Gasteiger partial charge in [-0.25, -0.2) is 0 Å². The van der Waals surface area contributed by atoms with Gasteiger partial charge in [-0.1, -0.05) is 0 Å².